The van der Waals surface area contributed by atoms with Crippen LogP contribution in [0.2, 0.25) is 10.0 Å². The number of nitrogens with zero attached hydrogens (tertiary/aromatic N) is 2. The van der Waals surface area contributed by atoms with E-state index in [-0.39, 0.29) is 28.6 Å². The number of para-hydroxylation sites is 1. The molecular weight excluding hydrogens is 655 g/mol. The summed E-state index contributed by atoms with van der Waals surface area (Å²) in [6.45, 7) is 3.53. The number of anilines is 2. The Hall–Kier alpha value is -4.96. The molecule has 0 spiro atoms. The lowest BCUT2D eigenvalue weighted by Crippen LogP contribution is -2.33. The van der Waals surface area contributed by atoms with Crippen molar-refractivity contribution in [1.29, 1.82) is 0 Å². The summed E-state index contributed by atoms with van der Waals surface area (Å²) in [5.41, 5.74) is 6.48. The zero-order valence-electron chi connectivity index (χ0n) is 25.4. The first-order valence-electron chi connectivity index (χ1n) is 14.5. The van der Waals surface area contributed by atoms with Crippen LogP contribution in [0.5, 0.6) is 0 Å². The average Bonchev–Trinajstić information content (AvgIpc) is 3.07. The van der Waals surface area contributed by atoms with Crippen LogP contribution >= 0.6 is 23.2 Å². The molecule has 0 atom stereocenters. The molecule has 0 aliphatic carbocycles. The number of hydrogen-bond acceptors (Lipinski definition) is 5. The van der Waals surface area contributed by atoms with Gasteiger partial charge in [-0.3, -0.25) is 13.9 Å². The van der Waals surface area contributed by atoms with Crippen LogP contribution in [0, 0.1) is 6.92 Å². The summed E-state index contributed by atoms with van der Waals surface area (Å²) in [7, 11) is -4.10. The third-order valence-electron chi connectivity index (χ3n) is 7.22. The number of amides is 2. The fraction of sp³-hybridized carbons (Fsp3) is 0.0833. The highest BCUT2D eigenvalue weighted by Crippen LogP contribution is 2.30. The Kier molecular flexibility index (Phi) is 10.4. The van der Waals surface area contributed by atoms with Gasteiger partial charge in [0.15, 0.2) is 0 Å². The third-order valence-corrected chi connectivity index (χ3v) is 9.48. The third kappa shape index (κ3) is 8.26. The van der Waals surface area contributed by atoms with Crippen molar-refractivity contribution in [3.8, 4) is 0 Å². The molecule has 47 heavy (non-hydrogen) atoms. The van der Waals surface area contributed by atoms with E-state index >= 15 is 0 Å². The first kappa shape index (κ1) is 33.4. The zero-order valence-corrected chi connectivity index (χ0v) is 27.8. The lowest BCUT2D eigenvalue weighted by molar-refractivity contribution is 0.0954. The van der Waals surface area contributed by atoms with E-state index in [2.05, 4.69) is 15.8 Å². The van der Waals surface area contributed by atoms with Gasteiger partial charge in [0.1, 0.15) is 0 Å². The van der Waals surface area contributed by atoms with Gasteiger partial charge in [-0.25, -0.2) is 13.8 Å². The van der Waals surface area contributed by atoms with Crippen molar-refractivity contribution < 1.29 is 18.0 Å². The van der Waals surface area contributed by atoms with Crippen molar-refractivity contribution in [2.45, 2.75) is 25.3 Å². The van der Waals surface area contributed by atoms with Crippen LogP contribution in [0.25, 0.3) is 0 Å². The van der Waals surface area contributed by atoms with E-state index in [1.54, 1.807) is 128 Å². The maximum Gasteiger partial charge on any atom is 0.273 e. The van der Waals surface area contributed by atoms with E-state index in [0.717, 1.165) is 5.56 Å². The summed E-state index contributed by atoms with van der Waals surface area (Å²) in [4.78, 5) is 26.4. The Morgan fingerprint density at radius 3 is 2.15 bits per heavy atom. The Bertz CT molecular complexity index is 2070. The summed E-state index contributed by atoms with van der Waals surface area (Å²) in [5, 5.41) is 8.09. The number of halogens is 2. The van der Waals surface area contributed by atoms with Crippen LogP contribution in [0.1, 0.15) is 44.3 Å². The summed E-state index contributed by atoms with van der Waals surface area (Å²) >= 11 is 12.1. The SMILES string of the molecule is C/C(=N/NC(=O)c1ccccc1N(Cc1ccc(Cl)cc1)S(=O)(=O)c1ccc(C)cc1)c1cccc(NC(=O)c2cccc(Cl)c2)c1. The van der Waals surface area contributed by atoms with Crippen LogP contribution in [0.15, 0.2) is 131 Å². The van der Waals surface area contributed by atoms with Crippen LogP contribution in [0.3, 0.4) is 0 Å². The summed E-state index contributed by atoms with van der Waals surface area (Å²) in [6.07, 6.45) is 0. The second kappa shape index (κ2) is 14.6. The molecule has 5 aromatic rings. The highest BCUT2D eigenvalue weighted by atomic mass is 35.5. The first-order valence-corrected chi connectivity index (χ1v) is 16.7. The number of carbonyl (C=O) groups is 2. The van der Waals surface area contributed by atoms with E-state index in [9.17, 15) is 18.0 Å². The molecule has 0 heterocycles. The summed E-state index contributed by atoms with van der Waals surface area (Å²) < 4.78 is 29.3. The molecule has 0 saturated heterocycles. The van der Waals surface area contributed by atoms with E-state index < -0.39 is 15.9 Å². The van der Waals surface area contributed by atoms with Crippen molar-refractivity contribution in [2.75, 3.05) is 9.62 Å². The van der Waals surface area contributed by atoms with Crippen molar-refractivity contribution in [3.63, 3.8) is 0 Å². The molecule has 5 aromatic carbocycles. The maximum atomic E-state index is 14.1. The fourth-order valence-corrected chi connectivity index (χ4v) is 6.48. The first-order chi connectivity index (χ1) is 22.5. The molecule has 2 N–H and O–H groups in total. The van der Waals surface area contributed by atoms with E-state index in [1.165, 1.54) is 4.31 Å². The van der Waals surface area contributed by atoms with Gasteiger partial charge < -0.3 is 5.32 Å². The van der Waals surface area contributed by atoms with Crippen LogP contribution in [-0.2, 0) is 16.6 Å². The number of hydrogen-bond donors (Lipinski definition) is 2. The topological polar surface area (TPSA) is 108 Å². The molecule has 238 valence electrons. The minimum Gasteiger partial charge on any atom is -0.322 e. The smallest absolute Gasteiger partial charge is 0.273 e. The van der Waals surface area contributed by atoms with Gasteiger partial charge in [0.25, 0.3) is 21.8 Å². The minimum absolute atomic E-state index is 0.0479. The Morgan fingerprint density at radius 1 is 0.745 bits per heavy atom. The highest BCUT2D eigenvalue weighted by Gasteiger charge is 2.28. The van der Waals surface area contributed by atoms with Gasteiger partial charge in [-0.15, -0.1) is 0 Å². The van der Waals surface area contributed by atoms with Crippen LogP contribution in [0.4, 0.5) is 11.4 Å². The van der Waals surface area contributed by atoms with Gasteiger partial charge in [-0.05, 0) is 91.7 Å². The second-order valence-electron chi connectivity index (χ2n) is 10.7. The lowest BCUT2D eigenvalue weighted by atomic mass is 10.1. The monoisotopic (exact) mass is 684 g/mol. The summed E-state index contributed by atoms with van der Waals surface area (Å²) in [6, 6.07) is 33.4. The number of aryl methyl sites for hydroxylation is 1. The highest BCUT2D eigenvalue weighted by molar-refractivity contribution is 7.92. The van der Waals surface area contributed by atoms with Gasteiger partial charge in [0, 0.05) is 21.3 Å². The van der Waals surface area contributed by atoms with Crippen molar-refractivity contribution in [3.05, 3.63) is 159 Å². The predicted molar refractivity (Wildman–Crippen MR) is 188 cm³/mol. The molecule has 0 aromatic heterocycles. The van der Waals surface area contributed by atoms with Gasteiger partial charge in [-0.1, -0.05) is 83.4 Å². The molecule has 0 aliphatic rings. The molecule has 0 unspecified atom stereocenters. The largest absolute Gasteiger partial charge is 0.322 e. The number of rotatable bonds is 10. The molecule has 2 amide bonds. The number of benzene rings is 5. The fourth-order valence-electron chi connectivity index (χ4n) is 4.69. The van der Waals surface area contributed by atoms with Crippen molar-refractivity contribution in [2.24, 2.45) is 5.10 Å². The molecule has 0 bridgehead atoms. The molecule has 11 heteroatoms. The van der Waals surface area contributed by atoms with Gasteiger partial charge in [0.05, 0.1) is 28.4 Å². The zero-order chi connectivity index (χ0) is 33.6. The number of sulfonamides is 1. The molecule has 0 aliphatic heterocycles. The normalized spacial score (nSPS) is 11.5. The predicted octanol–water partition coefficient (Wildman–Crippen LogP) is 8.10. The standard InChI is InChI=1S/C36H30Cl2N4O4S/c1-24-13-19-32(20-14-24)47(45,46)42(23-26-15-17-29(37)18-16-26)34-12-4-3-11-33(34)36(44)41-40-25(2)27-7-6-10-31(22-27)39-35(43)28-8-5-9-30(38)21-28/h3-22H,23H2,1-2H3,(H,39,43)(H,41,44)/b40-25-. The van der Waals surface area contributed by atoms with Gasteiger partial charge in [-0.2, -0.15) is 5.10 Å². The second-order valence-corrected chi connectivity index (χ2v) is 13.4. The number of carbonyl (C=O) groups excluding carboxylic acids is 2. The van der Waals surface area contributed by atoms with Crippen molar-refractivity contribution in [1.82, 2.24) is 5.43 Å². The van der Waals surface area contributed by atoms with E-state index in [1.807, 2.05) is 6.92 Å². The molecule has 8 nitrogen and oxygen atoms in total. The Labute approximate surface area is 283 Å². The van der Waals surface area contributed by atoms with Gasteiger partial charge >= 0.3 is 0 Å². The molecule has 0 saturated carbocycles. The lowest BCUT2D eigenvalue weighted by Gasteiger charge is -2.26. The van der Waals surface area contributed by atoms with E-state index in [4.69, 9.17) is 23.2 Å². The molecule has 0 fully saturated rings. The number of nitrogens with one attached hydrogen (secondary N) is 2. The molecule has 5 rings (SSSR count). The summed E-state index contributed by atoms with van der Waals surface area (Å²) in [5.74, 6) is -0.932. The Balaban J connectivity index is 1.41. The Morgan fingerprint density at radius 2 is 1.43 bits per heavy atom. The van der Waals surface area contributed by atoms with Crippen molar-refractivity contribution >= 4 is 62.1 Å². The molecular formula is C36H30Cl2N4O4S. The average molecular weight is 686 g/mol. The maximum absolute atomic E-state index is 14.1. The number of hydrazone groups is 1. The van der Waals surface area contributed by atoms with Gasteiger partial charge in [0.2, 0.25) is 0 Å². The quantitative estimate of drug-likeness (QED) is 0.114. The molecule has 0 radical (unpaired) electrons. The van der Waals surface area contributed by atoms with Crippen LogP contribution in [-0.4, -0.2) is 25.9 Å². The van der Waals surface area contributed by atoms with Crippen LogP contribution < -0.4 is 15.0 Å². The van der Waals surface area contributed by atoms with E-state index in [0.29, 0.717) is 38.1 Å². The minimum atomic E-state index is -4.10.